The minimum absolute atomic E-state index is 0.783. The molecule has 2 aromatic rings. The normalized spacial score (nSPS) is 10.3. The maximum atomic E-state index is 5.35. The van der Waals surface area contributed by atoms with Gasteiger partial charge in [-0.15, -0.1) is 11.3 Å². The Kier molecular flexibility index (Phi) is 2.99. The summed E-state index contributed by atoms with van der Waals surface area (Å²) in [7, 11) is 0. The van der Waals surface area contributed by atoms with E-state index in [1.54, 1.807) is 11.3 Å². The van der Waals surface area contributed by atoms with E-state index in [2.05, 4.69) is 22.5 Å². The van der Waals surface area contributed by atoms with Crippen LogP contribution in [0.1, 0.15) is 15.4 Å². The summed E-state index contributed by atoms with van der Waals surface area (Å²) >= 11 is 1.68. The van der Waals surface area contributed by atoms with Crippen molar-refractivity contribution < 1.29 is 0 Å². The second-order valence-corrected chi connectivity index (χ2v) is 4.61. The Morgan fingerprint density at radius 2 is 2.07 bits per heavy atom. The first-order chi connectivity index (χ1) is 7.29. The first-order valence-electron chi connectivity index (χ1n) is 4.76. The number of rotatable bonds is 3. The topological polar surface area (TPSA) is 50.9 Å². The molecule has 15 heavy (non-hydrogen) atoms. The second kappa shape index (κ2) is 4.42. The first-order valence-corrected chi connectivity index (χ1v) is 5.58. The van der Waals surface area contributed by atoms with Crippen LogP contribution < -0.4 is 11.3 Å². The molecule has 0 fully saturated rings. The summed E-state index contributed by atoms with van der Waals surface area (Å²) in [4.78, 5) is 5.53. The molecule has 4 heteroatoms. The molecule has 0 saturated carbocycles. The van der Waals surface area contributed by atoms with E-state index in [1.807, 2.05) is 25.1 Å². The minimum atomic E-state index is 0.783. The highest BCUT2D eigenvalue weighted by atomic mass is 32.1. The molecule has 0 radical (unpaired) electrons. The van der Waals surface area contributed by atoms with Crippen LogP contribution in [0, 0.1) is 6.92 Å². The zero-order chi connectivity index (χ0) is 10.7. The number of nitrogen functional groups attached to an aromatic ring is 1. The summed E-state index contributed by atoms with van der Waals surface area (Å²) in [6.45, 7) is 2.02. The number of aromatic nitrogens is 1. The molecule has 3 N–H and O–H groups in total. The largest absolute Gasteiger partial charge is 0.308 e. The van der Waals surface area contributed by atoms with Gasteiger partial charge in [-0.05, 0) is 12.5 Å². The van der Waals surface area contributed by atoms with Crippen LogP contribution in [-0.4, -0.2) is 4.98 Å². The van der Waals surface area contributed by atoms with Crippen LogP contribution in [-0.2, 0) is 6.42 Å². The van der Waals surface area contributed by atoms with Gasteiger partial charge in [0.25, 0.3) is 0 Å². The maximum Gasteiger partial charge on any atom is 0.154 e. The first kappa shape index (κ1) is 10.1. The Labute approximate surface area is 92.9 Å². The van der Waals surface area contributed by atoms with Gasteiger partial charge in [0, 0.05) is 11.3 Å². The highest BCUT2D eigenvalue weighted by Gasteiger charge is 2.06. The fourth-order valence-electron chi connectivity index (χ4n) is 1.43. The molecular formula is C11H13N3S. The van der Waals surface area contributed by atoms with Crippen molar-refractivity contribution >= 4 is 17.2 Å². The quantitative estimate of drug-likeness (QED) is 0.615. The van der Waals surface area contributed by atoms with Crippen molar-refractivity contribution in [3.05, 3.63) is 45.8 Å². The van der Waals surface area contributed by atoms with Crippen LogP contribution in [0.4, 0.5) is 5.82 Å². The van der Waals surface area contributed by atoms with Gasteiger partial charge in [-0.1, -0.05) is 30.3 Å². The Balaban J connectivity index is 2.18. The zero-order valence-corrected chi connectivity index (χ0v) is 9.34. The van der Waals surface area contributed by atoms with E-state index in [9.17, 15) is 0 Å². The summed E-state index contributed by atoms with van der Waals surface area (Å²) in [6, 6.07) is 10.3. The standard InChI is InChI=1S/C11H13N3S/c1-8-11(14-12)13-10(15-8)7-9-5-3-2-4-6-9/h2-6,14H,7,12H2,1H3. The number of benzene rings is 1. The molecule has 0 unspecified atom stereocenters. The average Bonchev–Trinajstić information content (AvgIpc) is 2.60. The van der Waals surface area contributed by atoms with Crippen molar-refractivity contribution in [3.8, 4) is 0 Å². The molecule has 2 rings (SSSR count). The number of thiazole rings is 1. The number of hydrogen-bond acceptors (Lipinski definition) is 4. The molecule has 0 atom stereocenters. The van der Waals surface area contributed by atoms with E-state index >= 15 is 0 Å². The third-order valence-corrected chi connectivity index (χ3v) is 3.15. The van der Waals surface area contributed by atoms with Gasteiger partial charge in [0.05, 0.1) is 5.01 Å². The van der Waals surface area contributed by atoms with E-state index in [4.69, 9.17) is 5.84 Å². The van der Waals surface area contributed by atoms with Crippen molar-refractivity contribution in [1.29, 1.82) is 0 Å². The minimum Gasteiger partial charge on any atom is -0.308 e. The third kappa shape index (κ3) is 2.34. The summed E-state index contributed by atoms with van der Waals surface area (Å²) in [5, 5.41) is 1.09. The Bertz CT molecular complexity index is 436. The number of nitrogens with two attached hydrogens (primary N) is 1. The molecule has 0 aliphatic heterocycles. The van der Waals surface area contributed by atoms with Crippen LogP contribution in [0.15, 0.2) is 30.3 Å². The van der Waals surface area contributed by atoms with E-state index < -0.39 is 0 Å². The van der Waals surface area contributed by atoms with Gasteiger partial charge in [-0.3, -0.25) is 0 Å². The molecule has 0 saturated heterocycles. The van der Waals surface area contributed by atoms with Gasteiger partial charge in [0.15, 0.2) is 5.82 Å². The molecule has 1 heterocycles. The van der Waals surface area contributed by atoms with E-state index in [0.29, 0.717) is 0 Å². The number of hydrazine groups is 1. The van der Waals surface area contributed by atoms with Crippen LogP contribution in [0.2, 0.25) is 0 Å². The molecule has 0 amide bonds. The third-order valence-electron chi connectivity index (χ3n) is 2.18. The highest BCUT2D eigenvalue weighted by Crippen LogP contribution is 2.23. The van der Waals surface area contributed by atoms with Crippen molar-refractivity contribution in [3.63, 3.8) is 0 Å². The molecule has 0 aliphatic rings. The highest BCUT2D eigenvalue weighted by molar-refractivity contribution is 7.12. The second-order valence-electron chi connectivity index (χ2n) is 3.32. The Hall–Kier alpha value is -1.39. The molecule has 1 aromatic carbocycles. The van der Waals surface area contributed by atoms with E-state index in [1.165, 1.54) is 5.56 Å². The fourth-order valence-corrected chi connectivity index (χ4v) is 2.36. The molecule has 0 bridgehead atoms. The fraction of sp³-hybridized carbons (Fsp3) is 0.182. The Morgan fingerprint density at radius 3 is 2.67 bits per heavy atom. The number of nitrogens with zero attached hydrogens (tertiary/aromatic N) is 1. The Morgan fingerprint density at radius 1 is 1.33 bits per heavy atom. The molecule has 0 aliphatic carbocycles. The molecule has 3 nitrogen and oxygen atoms in total. The predicted molar refractivity (Wildman–Crippen MR) is 63.9 cm³/mol. The number of hydrogen-bond donors (Lipinski definition) is 2. The lowest BCUT2D eigenvalue weighted by Crippen LogP contribution is -2.08. The molecule has 1 aromatic heterocycles. The zero-order valence-electron chi connectivity index (χ0n) is 8.53. The van der Waals surface area contributed by atoms with E-state index in [-0.39, 0.29) is 0 Å². The van der Waals surface area contributed by atoms with Crippen molar-refractivity contribution in [2.24, 2.45) is 5.84 Å². The lowest BCUT2D eigenvalue weighted by Gasteiger charge is -1.96. The van der Waals surface area contributed by atoms with Crippen molar-refractivity contribution in [2.45, 2.75) is 13.3 Å². The monoisotopic (exact) mass is 219 g/mol. The van der Waals surface area contributed by atoms with Gasteiger partial charge in [-0.25, -0.2) is 10.8 Å². The lowest BCUT2D eigenvalue weighted by molar-refractivity contribution is 1.12. The van der Waals surface area contributed by atoms with Crippen molar-refractivity contribution in [2.75, 3.05) is 5.43 Å². The van der Waals surface area contributed by atoms with Crippen molar-refractivity contribution in [1.82, 2.24) is 4.98 Å². The maximum absolute atomic E-state index is 5.35. The predicted octanol–water partition coefficient (Wildman–Crippen LogP) is 2.33. The molecular weight excluding hydrogens is 206 g/mol. The summed E-state index contributed by atoms with van der Waals surface area (Å²) in [6.07, 6.45) is 0.869. The van der Waals surface area contributed by atoms with Crippen LogP contribution in [0.3, 0.4) is 0 Å². The van der Waals surface area contributed by atoms with Gasteiger partial charge < -0.3 is 5.43 Å². The van der Waals surface area contributed by atoms with Crippen LogP contribution in [0.25, 0.3) is 0 Å². The number of nitrogens with one attached hydrogen (secondary N) is 1. The van der Waals surface area contributed by atoms with E-state index in [0.717, 1.165) is 22.1 Å². The summed E-state index contributed by atoms with van der Waals surface area (Å²) in [5.41, 5.74) is 3.87. The number of aryl methyl sites for hydroxylation is 1. The van der Waals surface area contributed by atoms with Gasteiger partial charge in [-0.2, -0.15) is 0 Å². The lowest BCUT2D eigenvalue weighted by atomic mass is 10.2. The molecule has 0 spiro atoms. The summed E-state index contributed by atoms with van der Waals surface area (Å²) in [5.74, 6) is 6.13. The molecule has 78 valence electrons. The average molecular weight is 219 g/mol. The van der Waals surface area contributed by atoms with Gasteiger partial charge in [0.2, 0.25) is 0 Å². The number of anilines is 1. The van der Waals surface area contributed by atoms with Crippen LogP contribution in [0.5, 0.6) is 0 Å². The summed E-state index contributed by atoms with van der Waals surface area (Å²) < 4.78 is 0. The van der Waals surface area contributed by atoms with Gasteiger partial charge >= 0.3 is 0 Å². The van der Waals surface area contributed by atoms with Gasteiger partial charge in [0.1, 0.15) is 0 Å². The van der Waals surface area contributed by atoms with Crippen LogP contribution >= 0.6 is 11.3 Å². The smallest absolute Gasteiger partial charge is 0.154 e. The SMILES string of the molecule is Cc1sc(Cc2ccccc2)nc1NN.